The maximum atomic E-state index is 13.6. The van der Waals surface area contributed by atoms with Crippen molar-refractivity contribution in [3.8, 4) is 0 Å². The molecule has 0 bridgehead atoms. The van der Waals surface area contributed by atoms with Crippen LogP contribution < -0.4 is 32.7 Å². The van der Waals surface area contributed by atoms with Crippen molar-refractivity contribution in [1.82, 2.24) is 36.2 Å². The lowest BCUT2D eigenvalue weighted by Gasteiger charge is -2.25. The van der Waals surface area contributed by atoms with Gasteiger partial charge >= 0.3 is 0 Å². The number of imidazole rings is 1. The van der Waals surface area contributed by atoms with Gasteiger partial charge in [-0.2, -0.15) is 12.6 Å². The average molecular weight is 626 g/mol. The number of benzene rings is 1. The van der Waals surface area contributed by atoms with Crippen LogP contribution in [0.5, 0.6) is 0 Å². The normalized spacial score (nSPS) is 13.0. The van der Waals surface area contributed by atoms with Crippen LogP contribution in [0.15, 0.2) is 42.9 Å². The molecule has 9 N–H and O–H groups in total. The summed E-state index contributed by atoms with van der Waals surface area (Å²) in [6, 6.07) is 5.70. The summed E-state index contributed by atoms with van der Waals surface area (Å²) in [6.45, 7) is 2.58. The van der Waals surface area contributed by atoms with E-state index in [-0.39, 0.29) is 25.0 Å². The van der Waals surface area contributed by atoms with Crippen molar-refractivity contribution in [2.45, 2.75) is 57.2 Å². The number of aromatic amines is 1. The lowest BCUT2D eigenvalue weighted by Crippen LogP contribution is -2.57. The van der Waals surface area contributed by atoms with Gasteiger partial charge in [0.1, 0.15) is 18.1 Å². The number of carbonyl (C=O) groups excluding carboxylic acids is 5. The zero-order valence-electron chi connectivity index (χ0n) is 24.5. The number of hydrogen-bond donors (Lipinski definition) is 8. The zero-order chi connectivity index (χ0) is 32.1. The van der Waals surface area contributed by atoms with Crippen molar-refractivity contribution < 1.29 is 24.0 Å². The summed E-state index contributed by atoms with van der Waals surface area (Å²) in [4.78, 5) is 76.1. The first-order valence-electron chi connectivity index (χ1n) is 14.3. The molecule has 0 fully saturated rings. The second-order valence-corrected chi connectivity index (χ2v) is 10.4. The molecule has 3 atom stereocenters. The van der Waals surface area contributed by atoms with Gasteiger partial charge in [0.25, 0.3) is 5.91 Å². The Morgan fingerprint density at radius 2 is 1.73 bits per heavy atom. The molecule has 0 saturated carbocycles. The Balaban J connectivity index is 1.83. The highest BCUT2D eigenvalue weighted by atomic mass is 32.1. The molecule has 0 aliphatic carbocycles. The molecule has 44 heavy (non-hydrogen) atoms. The van der Waals surface area contributed by atoms with E-state index in [4.69, 9.17) is 11.5 Å². The summed E-state index contributed by atoms with van der Waals surface area (Å²) >= 11 is 4.17. The number of amides is 5. The average Bonchev–Trinajstić information content (AvgIpc) is 3.53. The smallest absolute Gasteiger partial charge is 0.253 e. The van der Waals surface area contributed by atoms with E-state index in [1.807, 2.05) is 31.2 Å². The Morgan fingerprint density at radius 1 is 1.00 bits per heavy atom. The molecule has 2 heterocycles. The number of aromatic nitrogens is 3. The number of pyridine rings is 1. The van der Waals surface area contributed by atoms with E-state index in [1.54, 1.807) is 6.07 Å². The minimum absolute atomic E-state index is 0.0191. The number of para-hydroxylation sites is 1. The molecule has 15 heteroatoms. The number of fused-ring (bicyclic) bond motifs is 1. The Hall–Kier alpha value is -4.50. The third-order valence-corrected chi connectivity index (χ3v) is 7.16. The molecule has 14 nitrogen and oxygen atoms in total. The van der Waals surface area contributed by atoms with E-state index in [0.29, 0.717) is 42.9 Å². The predicted molar refractivity (Wildman–Crippen MR) is 167 cm³/mol. The van der Waals surface area contributed by atoms with Crippen molar-refractivity contribution in [2.75, 3.05) is 18.8 Å². The first-order valence-corrected chi connectivity index (χ1v) is 14.9. The van der Waals surface area contributed by atoms with Crippen LogP contribution in [0.4, 0.5) is 0 Å². The minimum atomic E-state index is -1.25. The summed E-state index contributed by atoms with van der Waals surface area (Å²) < 4.78 is 0. The van der Waals surface area contributed by atoms with Gasteiger partial charge in [-0.3, -0.25) is 29.0 Å². The second kappa shape index (κ2) is 17.0. The number of nitrogens with two attached hydrogens (primary N) is 2. The number of aryl methyl sites for hydroxylation is 1. The summed E-state index contributed by atoms with van der Waals surface area (Å²) in [6.07, 6.45) is 3.65. The zero-order valence-corrected chi connectivity index (χ0v) is 25.4. The van der Waals surface area contributed by atoms with Gasteiger partial charge < -0.3 is 37.7 Å². The molecule has 2 aromatic heterocycles. The van der Waals surface area contributed by atoms with Crippen molar-refractivity contribution >= 4 is 53.1 Å². The summed E-state index contributed by atoms with van der Waals surface area (Å²) in [5, 5.41) is 11.4. The van der Waals surface area contributed by atoms with E-state index in [0.717, 1.165) is 10.9 Å². The maximum absolute atomic E-state index is 13.6. The largest absolute Gasteiger partial charge is 0.370 e. The van der Waals surface area contributed by atoms with Crippen LogP contribution in [0.3, 0.4) is 0 Å². The molecule has 1 aromatic carbocycles. The van der Waals surface area contributed by atoms with Crippen LogP contribution in [-0.2, 0) is 32.0 Å². The SMILES string of the molecule is CCc1nc2ccccc2cc1C(=O)N[C@@H](Cc1cnc[nH]1)C(=O)N[C@@H](CCC(N)=O)C(=O)N[C@@H](CS)C(=O)NCCCN. The van der Waals surface area contributed by atoms with Crippen molar-refractivity contribution in [1.29, 1.82) is 0 Å². The monoisotopic (exact) mass is 625 g/mol. The number of carbonyl (C=O) groups is 5. The lowest BCUT2D eigenvalue weighted by atomic mass is 10.0. The van der Waals surface area contributed by atoms with Crippen LogP contribution in [0.1, 0.15) is 47.9 Å². The minimum Gasteiger partial charge on any atom is -0.370 e. The molecular weight excluding hydrogens is 586 g/mol. The number of hydrogen-bond acceptors (Lipinski definition) is 9. The molecule has 0 aliphatic rings. The quantitative estimate of drug-likeness (QED) is 0.0718. The number of nitrogens with zero attached hydrogens (tertiary/aromatic N) is 2. The van der Waals surface area contributed by atoms with Crippen molar-refractivity contribution in [3.63, 3.8) is 0 Å². The van der Waals surface area contributed by atoms with Crippen LogP contribution in [-0.4, -0.2) is 81.5 Å². The van der Waals surface area contributed by atoms with Crippen molar-refractivity contribution in [3.05, 3.63) is 59.8 Å². The molecule has 0 radical (unpaired) electrons. The van der Waals surface area contributed by atoms with E-state index in [2.05, 4.69) is 48.8 Å². The number of thiol groups is 1. The first kappa shape index (κ1) is 34.0. The van der Waals surface area contributed by atoms with Gasteiger partial charge in [-0.15, -0.1) is 0 Å². The summed E-state index contributed by atoms with van der Waals surface area (Å²) in [5.74, 6) is -3.11. The highest BCUT2D eigenvalue weighted by Crippen LogP contribution is 2.18. The van der Waals surface area contributed by atoms with Crippen LogP contribution in [0, 0.1) is 0 Å². The Bertz CT molecular complexity index is 1450. The highest BCUT2D eigenvalue weighted by molar-refractivity contribution is 7.80. The fourth-order valence-corrected chi connectivity index (χ4v) is 4.67. The van der Waals surface area contributed by atoms with E-state index in [9.17, 15) is 24.0 Å². The van der Waals surface area contributed by atoms with Gasteiger partial charge in [0.2, 0.25) is 23.6 Å². The second-order valence-electron chi connectivity index (χ2n) is 10.1. The Morgan fingerprint density at radius 3 is 2.39 bits per heavy atom. The van der Waals surface area contributed by atoms with Gasteiger partial charge in [0.05, 0.1) is 23.1 Å². The van der Waals surface area contributed by atoms with Gasteiger partial charge in [-0.25, -0.2) is 4.98 Å². The molecule has 3 rings (SSSR count). The summed E-state index contributed by atoms with van der Waals surface area (Å²) in [5.41, 5.74) is 13.0. The van der Waals surface area contributed by atoms with Gasteiger partial charge in [0.15, 0.2) is 0 Å². The molecule has 0 saturated heterocycles. The molecule has 5 amide bonds. The molecular formula is C29H39N9O5S. The molecule has 0 aliphatic heterocycles. The van der Waals surface area contributed by atoms with Crippen LogP contribution in [0.2, 0.25) is 0 Å². The fraction of sp³-hybridized carbons (Fsp3) is 0.414. The predicted octanol–water partition coefficient (Wildman–Crippen LogP) is -0.509. The van der Waals surface area contributed by atoms with Gasteiger partial charge in [-0.05, 0) is 37.9 Å². The third-order valence-electron chi connectivity index (χ3n) is 6.79. The Labute approximate surface area is 260 Å². The molecule has 0 spiro atoms. The fourth-order valence-electron chi connectivity index (χ4n) is 4.41. The molecule has 0 unspecified atom stereocenters. The number of primary amides is 1. The van der Waals surface area contributed by atoms with Gasteiger partial charge in [0, 0.05) is 42.4 Å². The highest BCUT2D eigenvalue weighted by Gasteiger charge is 2.30. The molecule has 236 valence electrons. The maximum Gasteiger partial charge on any atom is 0.253 e. The van der Waals surface area contributed by atoms with E-state index >= 15 is 0 Å². The first-order chi connectivity index (χ1) is 21.2. The third kappa shape index (κ3) is 9.77. The number of nitrogens with one attached hydrogen (secondary N) is 5. The van der Waals surface area contributed by atoms with Crippen LogP contribution in [0.25, 0.3) is 10.9 Å². The standard InChI is InChI=1S/C29H39N9O5S/c1-2-20-19(12-17-6-3-4-7-21(17)35-20)26(40)37-23(13-18-14-32-16-34-18)29(43)36-22(8-9-25(31)39)28(42)38-24(15-44)27(41)33-11-5-10-30/h3-4,6-7,12,14,16,22-24,44H,2,5,8-11,13,15,30H2,1H3,(H2,31,39)(H,32,34)(H,33,41)(H,36,43)(H,37,40)(H,38,42)/t22-,23-,24-/m0/s1. The van der Waals surface area contributed by atoms with Crippen molar-refractivity contribution in [2.24, 2.45) is 11.5 Å². The number of rotatable bonds is 17. The molecule has 3 aromatic rings. The van der Waals surface area contributed by atoms with Crippen LogP contribution >= 0.6 is 12.6 Å². The number of H-pyrrole nitrogens is 1. The topological polar surface area (TPSA) is 227 Å². The Kier molecular flexibility index (Phi) is 13.1. The van der Waals surface area contributed by atoms with Gasteiger partial charge in [-0.1, -0.05) is 25.1 Å². The van der Waals surface area contributed by atoms with E-state index < -0.39 is 47.7 Å². The van der Waals surface area contributed by atoms with E-state index in [1.165, 1.54) is 12.5 Å². The lowest BCUT2D eigenvalue weighted by molar-refractivity contribution is -0.132. The summed E-state index contributed by atoms with van der Waals surface area (Å²) in [7, 11) is 0.